The van der Waals surface area contributed by atoms with Crippen LogP contribution in [0.5, 0.6) is 11.5 Å². The number of nitrogens with zero attached hydrogens (tertiary/aromatic N) is 2. The van der Waals surface area contributed by atoms with Gasteiger partial charge in [0.25, 0.3) is 5.89 Å². The van der Waals surface area contributed by atoms with E-state index in [2.05, 4.69) is 10.1 Å². The molecule has 7 nitrogen and oxygen atoms in total. The fourth-order valence-corrected chi connectivity index (χ4v) is 3.05. The zero-order valence-electron chi connectivity index (χ0n) is 13.2. The third kappa shape index (κ3) is 3.20. The first-order valence-corrected chi connectivity index (χ1v) is 8.59. The van der Waals surface area contributed by atoms with Crippen LogP contribution in [0, 0.1) is 0 Å². The molecule has 1 aliphatic heterocycles. The topological polar surface area (TPSA) is 83.7 Å². The van der Waals surface area contributed by atoms with E-state index in [1.54, 1.807) is 19.1 Å². The molecule has 2 unspecified atom stereocenters. The molecule has 2 atom stereocenters. The molecule has 0 radical (unpaired) electrons. The minimum Gasteiger partial charge on any atom is -0.482 e. The third-order valence-electron chi connectivity index (χ3n) is 3.66. The number of carbonyl (C=O) groups excluding carboxylic acids is 1. The van der Waals surface area contributed by atoms with Crippen molar-refractivity contribution < 1.29 is 23.5 Å². The largest absolute Gasteiger partial charge is 0.482 e. The van der Waals surface area contributed by atoms with Crippen LogP contribution in [0.3, 0.4) is 0 Å². The molecule has 0 spiro atoms. The van der Waals surface area contributed by atoms with Crippen LogP contribution in [-0.2, 0) is 16.1 Å². The van der Waals surface area contributed by atoms with Gasteiger partial charge in [-0.2, -0.15) is 16.3 Å². The number of rotatable bonds is 4. The number of aromatic nitrogens is 2. The van der Waals surface area contributed by atoms with Gasteiger partial charge < -0.3 is 18.7 Å². The lowest BCUT2D eigenvalue weighted by atomic mass is 10.2. The first-order valence-electron chi connectivity index (χ1n) is 7.65. The van der Waals surface area contributed by atoms with Crippen molar-refractivity contribution in [2.45, 2.75) is 25.7 Å². The number of hydrogen-bond donors (Lipinski definition) is 0. The number of ether oxygens (including phenoxy) is 3. The molecule has 8 heteroatoms. The molecule has 1 aliphatic rings. The van der Waals surface area contributed by atoms with Gasteiger partial charge in [0, 0.05) is 10.9 Å². The average Bonchev–Trinajstić information content (AvgIpc) is 3.30. The Labute approximate surface area is 147 Å². The van der Waals surface area contributed by atoms with Crippen molar-refractivity contribution in [1.29, 1.82) is 0 Å². The molecule has 25 heavy (non-hydrogen) atoms. The van der Waals surface area contributed by atoms with Gasteiger partial charge in [-0.25, -0.2) is 4.79 Å². The fraction of sp³-hybridized carbons (Fsp3) is 0.235. The Balaban J connectivity index is 1.39. The highest BCUT2D eigenvalue weighted by Gasteiger charge is 2.35. The van der Waals surface area contributed by atoms with Crippen molar-refractivity contribution in [3.8, 4) is 22.9 Å². The van der Waals surface area contributed by atoms with E-state index in [0.717, 1.165) is 5.56 Å². The van der Waals surface area contributed by atoms with Crippen LogP contribution < -0.4 is 9.47 Å². The van der Waals surface area contributed by atoms with Gasteiger partial charge in [0.1, 0.15) is 6.10 Å². The second-order valence-corrected chi connectivity index (χ2v) is 6.22. The van der Waals surface area contributed by atoms with Gasteiger partial charge in [0.05, 0.1) is 0 Å². The Morgan fingerprint density at radius 1 is 1.24 bits per heavy atom. The van der Waals surface area contributed by atoms with Gasteiger partial charge in [-0.15, -0.1) is 0 Å². The van der Waals surface area contributed by atoms with Crippen LogP contribution in [0.15, 0.2) is 45.6 Å². The zero-order chi connectivity index (χ0) is 17.2. The van der Waals surface area contributed by atoms with Crippen molar-refractivity contribution in [2.24, 2.45) is 0 Å². The second kappa shape index (κ2) is 6.56. The number of benzene rings is 1. The Morgan fingerprint density at radius 2 is 2.04 bits per heavy atom. The van der Waals surface area contributed by atoms with E-state index in [-0.39, 0.29) is 12.5 Å². The van der Waals surface area contributed by atoms with Gasteiger partial charge in [-0.3, -0.25) is 0 Å². The minimum absolute atomic E-state index is 0.121. The Hall–Kier alpha value is -2.87. The average molecular weight is 358 g/mol. The minimum atomic E-state index is -0.853. The maximum absolute atomic E-state index is 12.3. The van der Waals surface area contributed by atoms with E-state index < -0.39 is 18.2 Å². The second-order valence-electron chi connectivity index (χ2n) is 5.44. The van der Waals surface area contributed by atoms with Crippen LogP contribution >= 0.6 is 11.3 Å². The van der Waals surface area contributed by atoms with Gasteiger partial charge in [-0.05, 0) is 30.5 Å². The molecular weight excluding hydrogens is 344 g/mol. The first kappa shape index (κ1) is 15.6. The maximum Gasteiger partial charge on any atom is 0.351 e. The predicted octanol–water partition coefficient (Wildman–Crippen LogP) is 3.07. The van der Waals surface area contributed by atoms with E-state index in [1.807, 2.05) is 29.0 Å². The van der Waals surface area contributed by atoms with E-state index in [4.69, 9.17) is 18.7 Å². The SMILES string of the molecule is CC1Oc2ccccc2OC1C(=O)OCc1nc(-c2ccsc2)no1. The molecule has 0 aliphatic carbocycles. The van der Waals surface area contributed by atoms with Crippen molar-refractivity contribution >= 4 is 17.3 Å². The number of thiophene rings is 1. The summed E-state index contributed by atoms with van der Waals surface area (Å²) < 4.78 is 21.7. The smallest absolute Gasteiger partial charge is 0.351 e. The highest BCUT2D eigenvalue weighted by atomic mass is 32.1. The number of esters is 1. The summed E-state index contributed by atoms with van der Waals surface area (Å²) in [7, 11) is 0. The van der Waals surface area contributed by atoms with Crippen molar-refractivity contribution in [3.05, 3.63) is 47.0 Å². The highest BCUT2D eigenvalue weighted by molar-refractivity contribution is 7.08. The summed E-state index contributed by atoms with van der Waals surface area (Å²) >= 11 is 1.54. The lowest BCUT2D eigenvalue weighted by molar-refractivity contribution is -0.159. The van der Waals surface area contributed by atoms with Crippen molar-refractivity contribution in [1.82, 2.24) is 10.1 Å². The maximum atomic E-state index is 12.3. The molecule has 0 saturated carbocycles. The molecule has 1 aromatic carbocycles. The first-order chi connectivity index (χ1) is 12.2. The number of para-hydroxylation sites is 2. The molecular formula is C17H14N2O5S. The Bertz CT molecular complexity index is 877. The Kier molecular flexibility index (Phi) is 4.10. The summed E-state index contributed by atoms with van der Waals surface area (Å²) in [4.78, 5) is 16.5. The zero-order valence-corrected chi connectivity index (χ0v) is 14.1. The van der Waals surface area contributed by atoms with E-state index in [1.165, 1.54) is 11.3 Å². The molecule has 2 aromatic heterocycles. The summed E-state index contributed by atoms with van der Waals surface area (Å²) in [6.45, 7) is 1.63. The standard InChI is InChI=1S/C17H14N2O5S/c1-10-15(23-13-5-3-2-4-12(13)22-10)17(20)21-8-14-18-16(19-24-14)11-6-7-25-9-11/h2-7,9-10,15H,8H2,1H3. The van der Waals surface area contributed by atoms with Crippen LogP contribution in [-0.4, -0.2) is 28.3 Å². The highest BCUT2D eigenvalue weighted by Crippen LogP contribution is 2.33. The molecule has 3 heterocycles. The number of hydrogen-bond acceptors (Lipinski definition) is 8. The lowest BCUT2D eigenvalue weighted by Gasteiger charge is -2.30. The van der Waals surface area contributed by atoms with E-state index in [9.17, 15) is 4.79 Å². The molecule has 0 amide bonds. The van der Waals surface area contributed by atoms with Crippen LogP contribution in [0.1, 0.15) is 12.8 Å². The Morgan fingerprint density at radius 3 is 2.80 bits per heavy atom. The normalized spacial score (nSPS) is 18.8. The van der Waals surface area contributed by atoms with Gasteiger partial charge in [-0.1, -0.05) is 17.3 Å². The number of fused-ring (bicyclic) bond motifs is 1. The summed E-state index contributed by atoms with van der Waals surface area (Å²) in [6, 6.07) is 9.07. The van der Waals surface area contributed by atoms with Gasteiger partial charge in [0.2, 0.25) is 11.9 Å². The van der Waals surface area contributed by atoms with Gasteiger partial charge >= 0.3 is 5.97 Å². The lowest BCUT2D eigenvalue weighted by Crippen LogP contribution is -2.44. The number of carbonyl (C=O) groups is 1. The van der Waals surface area contributed by atoms with Crippen LogP contribution in [0.4, 0.5) is 0 Å². The molecule has 0 saturated heterocycles. The van der Waals surface area contributed by atoms with Crippen LogP contribution in [0.2, 0.25) is 0 Å². The van der Waals surface area contributed by atoms with E-state index in [0.29, 0.717) is 17.3 Å². The summed E-state index contributed by atoms with van der Waals surface area (Å²) in [5.74, 6) is 1.26. The predicted molar refractivity (Wildman–Crippen MR) is 88.4 cm³/mol. The molecule has 3 aromatic rings. The molecule has 0 bridgehead atoms. The van der Waals surface area contributed by atoms with E-state index >= 15 is 0 Å². The monoisotopic (exact) mass is 358 g/mol. The quantitative estimate of drug-likeness (QED) is 0.663. The molecule has 128 valence electrons. The van der Waals surface area contributed by atoms with Crippen LogP contribution in [0.25, 0.3) is 11.4 Å². The fourth-order valence-electron chi connectivity index (χ4n) is 2.42. The molecule has 4 rings (SSSR count). The summed E-state index contributed by atoms with van der Waals surface area (Å²) in [5.41, 5.74) is 0.862. The summed E-state index contributed by atoms with van der Waals surface area (Å²) in [5, 5.41) is 7.70. The molecule has 0 N–H and O–H groups in total. The van der Waals surface area contributed by atoms with Gasteiger partial charge in [0.15, 0.2) is 18.1 Å². The third-order valence-corrected chi connectivity index (χ3v) is 4.34. The van der Waals surface area contributed by atoms with Crippen molar-refractivity contribution in [3.63, 3.8) is 0 Å². The summed E-state index contributed by atoms with van der Waals surface area (Å²) in [6.07, 6.45) is -1.32. The van der Waals surface area contributed by atoms with Crippen molar-refractivity contribution in [2.75, 3.05) is 0 Å². The molecule has 0 fully saturated rings.